The Bertz CT molecular complexity index is 497. The number of aryl methyl sites for hydroxylation is 2. The normalized spacial score (nSPS) is 12.7. The van der Waals surface area contributed by atoms with Crippen molar-refractivity contribution < 1.29 is 18.7 Å². The second kappa shape index (κ2) is 6.60. The van der Waals surface area contributed by atoms with Crippen LogP contribution in [0.4, 0.5) is 4.79 Å². The molecule has 0 saturated heterocycles. The zero-order chi connectivity index (χ0) is 16.2. The van der Waals surface area contributed by atoms with Crippen molar-refractivity contribution in [3.63, 3.8) is 0 Å². The topological polar surface area (TPSA) is 93.5 Å². The van der Waals surface area contributed by atoms with Crippen molar-refractivity contribution in [1.29, 1.82) is 0 Å². The van der Waals surface area contributed by atoms with Gasteiger partial charge in [0.15, 0.2) is 0 Å². The molecular formula is C14H23N3O4. The fourth-order valence-electron chi connectivity index (χ4n) is 1.48. The predicted octanol–water partition coefficient (Wildman–Crippen LogP) is 1.82. The molecule has 7 nitrogen and oxygen atoms in total. The number of nitrogens with one attached hydrogen (secondary N) is 2. The molecular weight excluding hydrogens is 274 g/mol. The maximum Gasteiger partial charge on any atom is 0.408 e. The van der Waals surface area contributed by atoms with Gasteiger partial charge in [0.1, 0.15) is 17.4 Å². The molecule has 1 atom stereocenters. The summed E-state index contributed by atoms with van der Waals surface area (Å²) in [5, 5.41) is 5.11. The molecule has 0 unspecified atom stereocenters. The summed E-state index contributed by atoms with van der Waals surface area (Å²) < 4.78 is 10.4. The van der Waals surface area contributed by atoms with Crippen LogP contribution in [0.15, 0.2) is 4.42 Å². The number of ether oxygens (including phenoxy) is 1. The van der Waals surface area contributed by atoms with Gasteiger partial charge in [-0.15, -0.1) is 0 Å². The van der Waals surface area contributed by atoms with Crippen LogP contribution in [0.5, 0.6) is 0 Å². The van der Waals surface area contributed by atoms with Gasteiger partial charge < -0.3 is 19.8 Å². The molecule has 0 fully saturated rings. The van der Waals surface area contributed by atoms with E-state index in [0.29, 0.717) is 5.89 Å². The van der Waals surface area contributed by atoms with Crippen LogP contribution in [0, 0.1) is 13.8 Å². The van der Waals surface area contributed by atoms with E-state index in [1.165, 1.54) is 0 Å². The van der Waals surface area contributed by atoms with Gasteiger partial charge in [0.2, 0.25) is 11.8 Å². The maximum absolute atomic E-state index is 11.9. The molecule has 2 N–H and O–H groups in total. The Hall–Kier alpha value is -2.05. The molecule has 0 aliphatic heterocycles. The van der Waals surface area contributed by atoms with Gasteiger partial charge in [0.25, 0.3) is 0 Å². The number of oxazole rings is 1. The molecule has 0 aliphatic rings. The first-order valence-electron chi connectivity index (χ1n) is 6.78. The molecule has 1 rings (SSSR count). The third-order valence-electron chi connectivity index (χ3n) is 2.61. The summed E-state index contributed by atoms with van der Waals surface area (Å²) >= 11 is 0. The third kappa shape index (κ3) is 5.85. The summed E-state index contributed by atoms with van der Waals surface area (Å²) in [5.41, 5.74) is 0.187. The molecule has 0 aromatic carbocycles. The Morgan fingerprint density at radius 2 is 1.95 bits per heavy atom. The minimum atomic E-state index is -0.711. The molecule has 2 amide bonds. The van der Waals surface area contributed by atoms with Crippen LogP contribution in [-0.2, 0) is 16.1 Å². The highest BCUT2D eigenvalue weighted by molar-refractivity contribution is 5.85. The van der Waals surface area contributed by atoms with Crippen LogP contribution in [0.25, 0.3) is 0 Å². The average molecular weight is 297 g/mol. The van der Waals surface area contributed by atoms with Crippen LogP contribution in [-0.4, -0.2) is 28.6 Å². The first-order valence-corrected chi connectivity index (χ1v) is 6.78. The Labute approximate surface area is 124 Å². The standard InChI is InChI=1S/C14H23N3O4/c1-8-10(3)20-11(16-8)7-15-12(18)9(2)17-13(19)21-14(4,5)6/h9H,7H2,1-6H3,(H,15,18)(H,17,19)/t9-/m1/s1. The van der Waals surface area contributed by atoms with Crippen LogP contribution >= 0.6 is 0 Å². The van der Waals surface area contributed by atoms with Crippen molar-refractivity contribution >= 4 is 12.0 Å². The molecule has 1 aromatic heterocycles. The number of aromatic nitrogens is 1. The number of hydrogen-bond acceptors (Lipinski definition) is 5. The number of nitrogens with zero attached hydrogens (tertiary/aromatic N) is 1. The van der Waals surface area contributed by atoms with E-state index in [0.717, 1.165) is 11.5 Å². The lowest BCUT2D eigenvalue weighted by molar-refractivity contribution is -0.123. The molecule has 0 radical (unpaired) electrons. The fraction of sp³-hybridized carbons (Fsp3) is 0.643. The van der Waals surface area contributed by atoms with Gasteiger partial charge in [0, 0.05) is 0 Å². The van der Waals surface area contributed by atoms with Gasteiger partial charge in [0.05, 0.1) is 12.2 Å². The highest BCUT2D eigenvalue weighted by Gasteiger charge is 2.21. The third-order valence-corrected chi connectivity index (χ3v) is 2.61. The number of hydrogen-bond donors (Lipinski definition) is 2. The van der Waals surface area contributed by atoms with E-state index < -0.39 is 17.7 Å². The Kier molecular flexibility index (Phi) is 5.34. The SMILES string of the molecule is Cc1nc(CNC(=O)[C@@H](C)NC(=O)OC(C)(C)C)oc1C. The lowest BCUT2D eigenvalue weighted by atomic mass is 10.2. The van der Waals surface area contributed by atoms with Gasteiger partial charge >= 0.3 is 6.09 Å². The summed E-state index contributed by atoms with van der Waals surface area (Å²) in [7, 11) is 0. The number of carbonyl (C=O) groups excluding carboxylic acids is 2. The van der Waals surface area contributed by atoms with Gasteiger partial charge in [-0.25, -0.2) is 9.78 Å². The molecule has 7 heteroatoms. The molecule has 1 aromatic rings. The van der Waals surface area contributed by atoms with Crippen LogP contribution in [0.1, 0.15) is 45.0 Å². The second-order valence-electron chi connectivity index (χ2n) is 5.83. The fourth-order valence-corrected chi connectivity index (χ4v) is 1.48. The molecule has 118 valence electrons. The van der Waals surface area contributed by atoms with Gasteiger partial charge in [-0.2, -0.15) is 0 Å². The Morgan fingerprint density at radius 1 is 1.33 bits per heavy atom. The first-order chi connectivity index (χ1) is 9.58. The lowest BCUT2D eigenvalue weighted by Gasteiger charge is -2.21. The Balaban J connectivity index is 2.42. The summed E-state index contributed by atoms with van der Waals surface area (Å²) in [6.45, 7) is 10.6. The number of amides is 2. The minimum Gasteiger partial charge on any atom is -0.444 e. The average Bonchev–Trinajstić information content (AvgIpc) is 2.63. The van der Waals surface area contributed by atoms with Gasteiger partial charge in [-0.3, -0.25) is 4.79 Å². The first kappa shape index (κ1) is 17.0. The highest BCUT2D eigenvalue weighted by atomic mass is 16.6. The quantitative estimate of drug-likeness (QED) is 0.884. The van der Waals surface area contributed by atoms with E-state index in [1.54, 1.807) is 34.6 Å². The number of rotatable bonds is 4. The summed E-state index contributed by atoms with van der Waals surface area (Å²) in [4.78, 5) is 27.6. The molecule has 0 spiro atoms. The zero-order valence-corrected chi connectivity index (χ0v) is 13.4. The summed E-state index contributed by atoms with van der Waals surface area (Å²) in [6, 6.07) is -0.711. The summed E-state index contributed by atoms with van der Waals surface area (Å²) in [6.07, 6.45) is -0.632. The second-order valence-corrected chi connectivity index (χ2v) is 5.83. The lowest BCUT2D eigenvalue weighted by Crippen LogP contribution is -2.46. The smallest absolute Gasteiger partial charge is 0.408 e. The van der Waals surface area contributed by atoms with E-state index in [1.807, 2.05) is 6.92 Å². The van der Waals surface area contributed by atoms with Crippen LogP contribution in [0.3, 0.4) is 0 Å². The van der Waals surface area contributed by atoms with E-state index in [-0.39, 0.29) is 12.5 Å². The minimum absolute atomic E-state index is 0.174. The van der Waals surface area contributed by atoms with Gasteiger partial charge in [-0.1, -0.05) is 0 Å². The van der Waals surface area contributed by atoms with Crippen molar-refractivity contribution in [1.82, 2.24) is 15.6 Å². The largest absolute Gasteiger partial charge is 0.444 e. The molecule has 0 bridgehead atoms. The van der Waals surface area contributed by atoms with Crippen molar-refractivity contribution in [2.45, 2.75) is 59.7 Å². The van der Waals surface area contributed by atoms with Crippen molar-refractivity contribution in [3.8, 4) is 0 Å². The molecule has 1 heterocycles. The van der Waals surface area contributed by atoms with E-state index in [9.17, 15) is 9.59 Å². The molecule has 0 aliphatic carbocycles. The maximum atomic E-state index is 11.9. The van der Waals surface area contributed by atoms with E-state index >= 15 is 0 Å². The van der Waals surface area contributed by atoms with Crippen molar-refractivity contribution in [2.24, 2.45) is 0 Å². The van der Waals surface area contributed by atoms with E-state index in [4.69, 9.17) is 9.15 Å². The molecule has 0 saturated carbocycles. The van der Waals surface area contributed by atoms with Crippen molar-refractivity contribution in [2.75, 3.05) is 0 Å². The predicted molar refractivity (Wildman–Crippen MR) is 76.7 cm³/mol. The monoisotopic (exact) mass is 297 g/mol. The summed E-state index contributed by atoms with van der Waals surface area (Å²) in [5.74, 6) is 0.816. The Morgan fingerprint density at radius 3 is 2.43 bits per heavy atom. The van der Waals surface area contributed by atoms with Gasteiger partial charge in [-0.05, 0) is 41.5 Å². The van der Waals surface area contributed by atoms with Crippen molar-refractivity contribution in [3.05, 3.63) is 17.3 Å². The van der Waals surface area contributed by atoms with Crippen LogP contribution < -0.4 is 10.6 Å². The molecule has 21 heavy (non-hydrogen) atoms. The van der Waals surface area contributed by atoms with Crippen LogP contribution in [0.2, 0.25) is 0 Å². The highest BCUT2D eigenvalue weighted by Crippen LogP contribution is 2.08. The number of carbonyl (C=O) groups is 2. The number of alkyl carbamates (subject to hydrolysis) is 1. The van der Waals surface area contributed by atoms with E-state index in [2.05, 4.69) is 15.6 Å². The zero-order valence-electron chi connectivity index (χ0n) is 13.4.